The smallest absolute Gasteiger partial charge is 0.311 e. The third-order valence-electron chi connectivity index (χ3n) is 8.17. The lowest BCUT2D eigenvalue weighted by Crippen LogP contribution is -2.57. The maximum Gasteiger partial charge on any atom is 0.311 e. The number of aromatic nitrogens is 1. The van der Waals surface area contributed by atoms with Crippen molar-refractivity contribution in [3.63, 3.8) is 0 Å². The van der Waals surface area contributed by atoms with E-state index in [4.69, 9.17) is 9.57 Å². The molecule has 1 atom stereocenters. The Bertz CT molecular complexity index is 1490. The van der Waals surface area contributed by atoms with E-state index in [1.54, 1.807) is 0 Å². The summed E-state index contributed by atoms with van der Waals surface area (Å²) in [5.41, 5.74) is 2.48. The number of amides is 1. The van der Waals surface area contributed by atoms with Gasteiger partial charge in [-0.1, -0.05) is 54.6 Å². The second-order valence-corrected chi connectivity index (χ2v) is 10.3. The molecular weight excluding hydrogens is 478 g/mol. The van der Waals surface area contributed by atoms with Gasteiger partial charge in [-0.2, -0.15) is 0 Å². The zero-order valence-corrected chi connectivity index (χ0v) is 21.5. The van der Waals surface area contributed by atoms with Gasteiger partial charge in [-0.15, -0.1) is 0 Å². The number of methoxy groups -OCH3 is 1. The number of hydrogen-bond acceptors (Lipinski definition) is 6. The summed E-state index contributed by atoms with van der Waals surface area (Å²) in [6.07, 6.45) is 3.20. The molecule has 2 aliphatic heterocycles. The second kappa shape index (κ2) is 10.2. The summed E-state index contributed by atoms with van der Waals surface area (Å²) in [5.74, 6) is -1.04. The van der Waals surface area contributed by atoms with E-state index in [9.17, 15) is 9.59 Å². The third kappa shape index (κ3) is 4.42. The highest BCUT2D eigenvalue weighted by Crippen LogP contribution is 2.45. The van der Waals surface area contributed by atoms with Crippen molar-refractivity contribution in [2.45, 2.75) is 38.0 Å². The van der Waals surface area contributed by atoms with E-state index in [1.165, 1.54) is 17.7 Å². The Kier molecular flexibility index (Phi) is 6.55. The fourth-order valence-corrected chi connectivity index (χ4v) is 6.15. The van der Waals surface area contributed by atoms with Crippen LogP contribution in [0.15, 0.2) is 79.0 Å². The molecule has 3 aromatic carbocycles. The lowest BCUT2D eigenvalue weighted by atomic mass is 9.77. The number of carbonyl (C=O) groups excluding carboxylic acids is 2. The molecule has 2 saturated heterocycles. The molecule has 1 aromatic heterocycles. The van der Waals surface area contributed by atoms with E-state index in [1.807, 2.05) is 42.6 Å². The van der Waals surface area contributed by atoms with Crippen LogP contribution in [0.1, 0.15) is 30.4 Å². The van der Waals surface area contributed by atoms with Gasteiger partial charge in [0, 0.05) is 37.6 Å². The lowest BCUT2D eigenvalue weighted by molar-refractivity contribution is -0.229. The van der Waals surface area contributed by atoms with Crippen LogP contribution in [0.5, 0.6) is 0 Å². The first-order valence-electron chi connectivity index (χ1n) is 13.1. The maximum absolute atomic E-state index is 13.2. The highest BCUT2D eigenvalue weighted by atomic mass is 16.7. The first-order valence-corrected chi connectivity index (χ1v) is 13.1. The summed E-state index contributed by atoms with van der Waals surface area (Å²) < 4.78 is 5.15. The highest BCUT2D eigenvalue weighted by Gasteiger charge is 2.58. The molecule has 0 N–H and O–H groups in total. The van der Waals surface area contributed by atoms with Gasteiger partial charge in [-0.25, -0.2) is 5.06 Å². The molecule has 3 heterocycles. The van der Waals surface area contributed by atoms with Crippen molar-refractivity contribution in [2.24, 2.45) is 5.92 Å². The van der Waals surface area contributed by atoms with Crippen LogP contribution in [-0.2, 0) is 32.3 Å². The molecule has 7 heteroatoms. The predicted octanol–water partition coefficient (Wildman–Crippen LogP) is 4.88. The maximum atomic E-state index is 13.2. The highest BCUT2D eigenvalue weighted by molar-refractivity contribution is 5.88. The summed E-state index contributed by atoms with van der Waals surface area (Å²) in [6.45, 7) is 2.54. The molecule has 0 radical (unpaired) electrons. The minimum atomic E-state index is -0.710. The van der Waals surface area contributed by atoms with Crippen molar-refractivity contribution >= 4 is 33.6 Å². The van der Waals surface area contributed by atoms with Gasteiger partial charge in [0.2, 0.25) is 5.91 Å². The number of benzene rings is 3. The number of nitrogens with zero attached hydrogens (tertiary/aromatic N) is 3. The standard InChI is InChI=1S/C31H31N3O4/c1-37-30(36)27-19-29(35)34(38-21-22-11-12-23-6-2-3-7-24(23)18-22)31(27)13-16-33(17-14-31)20-25-8-4-10-28-26(25)9-5-15-32-28/h2-12,15,18,27H,13-14,16-17,19-21H2,1H3. The van der Waals surface area contributed by atoms with E-state index >= 15 is 0 Å². The minimum Gasteiger partial charge on any atom is -0.469 e. The quantitative estimate of drug-likeness (QED) is 0.345. The summed E-state index contributed by atoms with van der Waals surface area (Å²) in [4.78, 5) is 39.1. The molecule has 1 unspecified atom stereocenters. The van der Waals surface area contributed by atoms with Gasteiger partial charge in [-0.3, -0.25) is 24.3 Å². The minimum absolute atomic E-state index is 0.111. The van der Waals surface area contributed by atoms with Gasteiger partial charge in [0.25, 0.3) is 0 Å². The molecule has 0 saturated carbocycles. The predicted molar refractivity (Wildman–Crippen MR) is 145 cm³/mol. The first kappa shape index (κ1) is 24.5. The number of rotatable bonds is 6. The molecule has 6 rings (SSSR count). The van der Waals surface area contributed by atoms with E-state index in [0.29, 0.717) is 12.8 Å². The number of hydroxylamine groups is 2. The monoisotopic (exact) mass is 509 g/mol. The number of hydrogen-bond donors (Lipinski definition) is 0. The SMILES string of the molecule is COC(=O)C1CC(=O)N(OCc2ccc3ccccc3c2)C12CCN(Cc1cccc3ncccc13)CC2. The number of carbonyl (C=O) groups is 2. The topological polar surface area (TPSA) is 72.0 Å². The number of pyridine rings is 1. The molecule has 2 aliphatic rings. The average molecular weight is 510 g/mol. The van der Waals surface area contributed by atoms with Gasteiger partial charge < -0.3 is 4.74 Å². The first-order chi connectivity index (χ1) is 18.6. The summed E-state index contributed by atoms with van der Waals surface area (Å²) in [5, 5.41) is 4.95. The molecule has 194 valence electrons. The summed E-state index contributed by atoms with van der Waals surface area (Å²) in [7, 11) is 1.39. The van der Waals surface area contributed by atoms with Gasteiger partial charge in [-0.05, 0) is 52.9 Å². The van der Waals surface area contributed by atoms with E-state index < -0.39 is 11.5 Å². The zero-order valence-electron chi connectivity index (χ0n) is 21.5. The Morgan fingerprint density at radius 3 is 2.63 bits per heavy atom. The number of likely N-dealkylation sites (tertiary alicyclic amines) is 1. The van der Waals surface area contributed by atoms with Crippen molar-refractivity contribution in [3.8, 4) is 0 Å². The largest absolute Gasteiger partial charge is 0.469 e. The molecule has 1 amide bonds. The second-order valence-electron chi connectivity index (χ2n) is 10.3. The van der Waals surface area contributed by atoms with Gasteiger partial charge in [0.15, 0.2) is 0 Å². The van der Waals surface area contributed by atoms with Crippen LogP contribution in [0, 0.1) is 5.92 Å². The van der Waals surface area contributed by atoms with Crippen molar-refractivity contribution in [1.82, 2.24) is 14.9 Å². The number of piperidine rings is 1. The summed E-state index contributed by atoms with van der Waals surface area (Å²) >= 11 is 0. The average Bonchev–Trinajstić information content (AvgIpc) is 3.23. The Labute approximate surface area is 221 Å². The molecule has 2 fully saturated rings. The van der Waals surface area contributed by atoms with Crippen LogP contribution >= 0.6 is 0 Å². The van der Waals surface area contributed by atoms with E-state index in [-0.39, 0.29) is 24.9 Å². The van der Waals surface area contributed by atoms with Crippen LogP contribution in [0.2, 0.25) is 0 Å². The van der Waals surface area contributed by atoms with Crippen molar-refractivity contribution in [3.05, 3.63) is 90.1 Å². The summed E-state index contributed by atoms with van der Waals surface area (Å²) in [6, 6.07) is 24.6. The Hall–Kier alpha value is -3.81. The van der Waals surface area contributed by atoms with E-state index in [2.05, 4.69) is 46.3 Å². The Morgan fingerprint density at radius 1 is 1.00 bits per heavy atom. The van der Waals surface area contributed by atoms with Crippen molar-refractivity contribution in [2.75, 3.05) is 20.2 Å². The molecule has 38 heavy (non-hydrogen) atoms. The molecule has 0 bridgehead atoms. The van der Waals surface area contributed by atoms with Crippen LogP contribution in [-0.4, -0.2) is 52.6 Å². The lowest BCUT2D eigenvalue weighted by Gasteiger charge is -2.45. The molecular formula is C31H31N3O4. The van der Waals surface area contributed by atoms with Gasteiger partial charge in [0.1, 0.15) is 6.61 Å². The normalized spacial score (nSPS) is 19.4. The fraction of sp³-hybridized carbons (Fsp3) is 0.323. The number of fused-ring (bicyclic) bond motifs is 2. The van der Waals surface area contributed by atoms with Crippen LogP contribution in [0.4, 0.5) is 0 Å². The fourth-order valence-electron chi connectivity index (χ4n) is 6.15. The number of ether oxygens (including phenoxy) is 1. The number of esters is 1. The Balaban J connectivity index is 1.21. The van der Waals surface area contributed by atoms with Crippen LogP contribution in [0.25, 0.3) is 21.7 Å². The Morgan fingerprint density at radius 2 is 1.82 bits per heavy atom. The van der Waals surface area contributed by atoms with Gasteiger partial charge >= 0.3 is 5.97 Å². The molecule has 1 spiro atoms. The zero-order chi connectivity index (χ0) is 26.1. The van der Waals surface area contributed by atoms with Crippen molar-refractivity contribution < 1.29 is 19.2 Å². The van der Waals surface area contributed by atoms with E-state index in [0.717, 1.165) is 46.9 Å². The van der Waals surface area contributed by atoms with Crippen LogP contribution < -0.4 is 0 Å². The molecule has 0 aliphatic carbocycles. The molecule has 4 aromatic rings. The van der Waals surface area contributed by atoms with Gasteiger partial charge in [0.05, 0.1) is 24.1 Å². The van der Waals surface area contributed by atoms with Crippen LogP contribution in [0.3, 0.4) is 0 Å². The third-order valence-corrected chi connectivity index (χ3v) is 8.17. The van der Waals surface area contributed by atoms with Crippen molar-refractivity contribution in [1.29, 1.82) is 0 Å². The molecule has 7 nitrogen and oxygen atoms in total.